The number of hydrogen-bond donors (Lipinski definition) is 1. The Morgan fingerprint density at radius 2 is 2.17 bits per heavy atom. The number of aryl methyl sites for hydroxylation is 2. The molecule has 2 atom stereocenters. The number of fused-ring (bicyclic) bond motifs is 1. The van der Waals surface area contributed by atoms with Gasteiger partial charge in [-0.15, -0.1) is 11.3 Å². The third kappa shape index (κ3) is 3.54. The van der Waals surface area contributed by atoms with Gasteiger partial charge in [0.1, 0.15) is 16.7 Å². The summed E-state index contributed by atoms with van der Waals surface area (Å²) in [4.78, 5) is 36.8. The van der Waals surface area contributed by atoms with E-state index in [0.29, 0.717) is 28.3 Å². The van der Waals surface area contributed by atoms with E-state index in [0.717, 1.165) is 17.5 Å². The molecule has 0 saturated heterocycles. The van der Waals surface area contributed by atoms with Gasteiger partial charge in [0.15, 0.2) is 0 Å². The molecular formula is C22H22N4O3S. The van der Waals surface area contributed by atoms with Gasteiger partial charge in [0.05, 0.1) is 24.4 Å². The van der Waals surface area contributed by atoms with E-state index in [9.17, 15) is 9.59 Å². The number of hydrogen-bond acceptors (Lipinski definition) is 6. The SMILES string of the molecule is COc1ccc2c(c1)[C@H](N(C(=O)c1scnc1C)[C@@H](C(N)=O)c1cccnc1)CC2. The first-order valence-corrected chi connectivity index (χ1v) is 10.5. The van der Waals surface area contributed by atoms with Gasteiger partial charge < -0.3 is 15.4 Å². The molecule has 1 aliphatic carbocycles. The third-order valence-corrected chi connectivity index (χ3v) is 6.37. The average molecular weight is 423 g/mol. The maximum atomic E-state index is 13.7. The molecule has 0 fully saturated rings. The van der Waals surface area contributed by atoms with Gasteiger partial charge in [-0.25, -0.2) is 4.98 Å². The van der Waals surface area contributed by atoms with Crippen LogP contribution in [0.15, 0.2) is 48.2 Å². The molecule has 2 aromatic heterocycles. The second kappa shape index (κ2) is 8.23. The number of nitrogens with two attached hydrogens (primary N) is 1. The summed E-state index contributed by atoms with van der Waals surface area (Å²) in [5, 5.41) is 0. The lowest BCUT2D eigenvalue weighted by atomic mass is 9.99. The number of aromatic nitrogens is 2. The summed E-state index contributed by atoms with van der Waals surface area (Å²) in [7, 11) is 1.61. The van der Waals surface area contributed by atoms with Gasteiger partial charge in [-0.05, 0) is 49.1 Å². The van der Waals surface area contributed by atoms with Crippen LogP contribution >= 0.6 is 11.3 Å². The standard InChI is InChI=1S/C22H22N4O3S/c1-13-20(30-12-25-13)22(28)26(19(21(23)27)15-4-3-9-24-11-15)18-8-6-14-5-7-16(29-2)10-17(14)18/h3-5,7,9-12,18-19H,6,8H2,1-2H3,(H2,23,27)/t18-,19-/m1/s1. The Morgan fingerprint density at radius 1 is 1.33 bits per heavy atom. The normalized spacial score (nSPS) is 16.0. The van der Waals surface area contributed by atoms with Crippen molar-refractivity contribution in [1.29, 1.82) is 0 Å². The van der Waals surface area contributed by atoms with Crippen LogP contribution in [0.25, 0.3) is 0 Å². The Kier molecular flexibility index (Phi) is 5.50. The van der Waals surface area contributed by atoms with Crippen LogP contribution in [-0.2, 0) is 11.2 Å². The van der Waals surface area contributed by atoms with E-state index < -0.39 is 11.9 Å². The number of nitrogens with zero attached hydrogens (tertiary/aromatic N) is 3. The van der Waals surface area contributed by atoms with Gasteiger partial charge in [0.2, 0.25) is 5.91 Å². The monoisotopic (exact) mass is 422 g/mol. The van der Waals surface area contributed by atoms with E-state index in [1.807, 2.05) is 18.2 Å². The molecule has 0 radical (unpaired) electrons. The Bertz CT molecular complexity index is 1080. The molecule has 0 aliphatic heterocycles. The van der Waals surface area contributed by atoms with E-state index >= 15 is 0 Å². The summed E-state index contributed by atoms with van der Waals surface area (Å²) in [6.07, 6.45) is 4.69. The third-order valence-electron chi connectivity index (χ3n) is 5.46. The van der Waals surface area contributed by atoms with Crippen molar-refractivity contribution in [2.45, 2.75) is 31.8 Å². The molecule has 4 rings (SSSR count). The predicted molar refractivity (Wildman–Crippen MR) is 113 cm³/mol. The zero-order chi connectivity index (χ0) is 21.3. The minimum atomic E-state index is -0.949. The molecular weight excluding hydrogens is 400 g/mol. The number of methoxy groups -OCH3 is 1. The number of rotatable bonds is 6. The Labute approximate surface area is 178 Å². The highest BCUT2D eigenvalue weighted by molar-refractivity contribution is 7.11. The molecule has 8 heteroatoms. The molecule has 0 spiro atoms. The van der Waals surface area contributed by atoms with Crippen molar-refractivity contribution in [3.05, 3.63) is 75.5 Å². The smallest absolute Gasteiger partial charge is 0.267 e. The molecule has 154 valence electrons. The number of primary amides is 1. The van der Waals surface area contributed by atoms with Crippen LogP contribution in [0.5, 0.6) is 5.75 Å². The molecule has 2 N–H and O–H groups in total. The first-order chi connectivity index (χ1) is 14.5. The fourth-order valence-corrected chi connectivity index (χ4v) is 4.78. The zero-order valence-electron chi connectivity index (χ0n) is 16.7. The molecule has 2 heterocycles. The fourth-order valence-electron chi connectivity index (χ4n) is 4.04. The first kappa shape index (κ1) is 20.0. The number of ether oxygens (including phenoxy) is 1. The summed E-state index contributed by atoms with van der Waals surface area (Å²) >= 11 is 1.26. The van der Waals surface area contributed by atoms with Crippen LogP contribution in [0.2, 0.25) is 0 Å². The van der Waals surface area contributed by atoms with E-state index in [1.165, 1.54) is 11.3 Å². The van der Waals surface area contributed by atoms with Gasteiger partial charge in [-0.2, -0.15) is 0 Å². The van der Waals surface area contributed by atoms with Crippen molar-refractivity contribution in [2.24, 2.45) is 5.73 Å². The minimum absolute atomic E-state index is 0.261. The van der Waals surface area contributed by atoms with Crippen molar-refractivity contribution in [3.63, 3.8) is 0 Å². The molecule has 30 heavy (non-hydrogen) atoms. The van der Waals surface area contributed by atoms with Crippen LogP contribution in [0, 0.1) is 6.92 Å². The van der Waals surface area contributed by atoms with Crippen LogP contribution in [0.4, 0.5) is 0 Å². The molecule has 0 bridgehead atoms. The summed E-state index contributed by atoms with van der Waals surface area (Å²) in [6.45, 7) is 1.79. The van der Waals surface area contributed by atoms with Gasteiger partial charge in [0, 0.05) is 18.0 Å². The van der Waals surface area contributed by atoms with Crippen LogP contribution in [-0.4, -0.2) is 33.8 Å². The summed E-state index contributed by atoms with van der Waals surface area (Å²) in [6, 6.07) is 8.09. The van der Waals surface area contributed by atoms with Gasteiger partial charge in [0.25, 0.3) is 5.91 Å². The highest BCUT2D eigenvalue weighted by atomic mass is 32.1. The number of benzene rings is 1. The Hall–Kier alpha value is -3.26. The number of thiazole rings is 1. The van der Waals surface area contributed by atoms with Crippen molar-refractivity contribution < 1.29 is 14.3 Å². The van der Waals surface area contributed by atoms with Crippen molar-refractivity contribution in [1.82, 2.24) is 14.9 Å². The topological polar surface area (TPSA) is 98.4 Å². The predicted octanol–water partition coefficient (Wildman–Crippen LogP) is 3.21. The van der Waals surface area contributed by atoms with Crippen LogP contribution in [0.3, 0.4) is 0 Å². The van der Waals surface area contributed by atoms with Crippen molar-refractivity contribution in [3.8, 4) is 5.75 Å². The highest BCUT2D eigenvalue weighted by Crippen LogP contribution is 2.42. The molecule has 0 saturated carbocycles. The number of carbonyl (C=O) groups is 2. The lowest BCUT2D eigenvalue weighted by Gasteiger charge is -2.35. The maximum absolute atomic E-state index is 13.7. The van der Waals surface area contributed by atoms with Crippen molar-refractivity contribution in [2.75, 3.05) is 7.11 Å². The van der Waals surface area contributed by atoms with Crippen LogP contribution < -0.4 is 10.5 Å². The molecule has 3 aromatic rings. The van der Waals surface area contributed by atoms with Gasteiger partial charge >= 0.3 is 0 Å². The lowest BCUT2D eigenvalue weighted by Crippen LogP contribution is -2.43. The zero-order valence-corrected chi connectivity index (χ0v) is 17.6. The Balaban J connectivity index is 1.86. The minimum Gasteiger partial charge on any atom is -0.497 e. The summed E-state index contributed by atoms with van der Waals surface area (Å²) < 4.78 is 5.40. The van der Waals surface area contributed by atoms with Gasteiger partial charge in [-0.1, -0.05) is 12.1 Å². The van der Waals surface area contributed by atoms with Gasteiger partial charge in [-0.3, -0.25) is 14.6 Å². The average Bonchev–Trinajstić information content (AvgIpc) is 3.37. The largest absolute Gasteiger partial charge is 0.497 e. The Morgan fingerprint density at radius 3 is 2.80 bits per heavy atom. The second-order valence-corrected chi connectivity index (χ2v) is 8.04. The summed E-state index contributed by atoms with van der Waals surface area (Å²) in [5.41, 5.74) is 10.8. The maximum Gasteiger partial charge on any atom is 0.267 e. The van der Waals surface area contributed by atoms with E-state index in [-0.39, 0.29) is 11.9 Å². The van der Waals surface area contributed by atoms with E-state index in [1.54, 1.807) is 49.0 Å². The second-order valence-electron chi connectivity index (χ2n) is 7.19. The number of amides is 2. The molecule has 1 aromatic carbocycles. The first-order valence-electron chi connectivity index (χ1n) is 9.60. The van der Waals surface area contributed by atoms with E-state index in [2.05, 4.69) is 9.97 Å². The highest BCUT2D eigenvalue weighted by Gasteiger charge is 2.40. The number of pyridine rings is 1. The molecule has 1 aliphatic rings. The molecule has 7 nitrogen and oxygen atoms in total. The lowest BCUT2D eigenvalue weighted by molar-refractivity contribution is -0.123. The van der Waals surface area contributed by atoms with Crippen LogP contribution in [0.1, 0.15) is 50.6 Å². The summed E-state index contributed by atoms with van der Waals surface area (Å²) in [5.74, 6) is -0.155. The molecule has 2 amide bonds. The number of carbonyl (C=O) groups excluding carboxylic acids is 2. The molecule has 0 unspecified atom stereocenters. The quantitative estimate of drug-likeness (QED) is 0.658. The van der Waals surface area contributed by atoms with E-state index in [4.69, 9.17) is 10.5 Å². The van der Waals surface area contributed by atoms with Crippen molar-refractivity contribution >= 4 is 23.2 Å². The fraction of sp³-hybridized carbons (Fsp3) is 0.273.